The quantitative estimate of drug-likeness (QED) is 0.802. The van der Waals surface area contributed by atoms with Crippen LogP contribution in [0.1, 0.15) is 25.7 Å². The standard InChI is InChI=1S/C19H28N4O2/c1-21(19(25)20-11-7-14-22-12-5-6-13-22)17-10-15-23(18(17)24)16-8-3-2-4-9-16/h2-4,8-9,17H,5-7,10-15H2,1H3,(H,20,25)/t17-/m0/s1. The molecule has 0 radical (unpaired) electrons. The van der Waals surface area contributed by atoms with Crippen LogP contribution in [0.4, 0.5) is 10.5 Å². The molecule has 136 valence electrons. The van der Waals surface area contributed by atoms with Crippen molar-refractivity contribution in [3.05, 3.63) is 30.3 Å². The summed E-state index contributed by atoms with van der Waals surface area (Å²) in [4.78, 5) is 30.8. The molecule has 1 atom stereocenters. The van der Waals surface area contributed by atoms with Crippen molar-refractivity contribution in [2.75, 3.05) is 44.7 Å². The van der Waals surface area contributed by atoms with Gasteiger partial charge in [-0.15, -0.1) is 0 Å². The third kappa shape index (κ3) is 4.31. The van der Waals surface area contributed by atoms with Crippen molar-refractivity contribution in [3.63, 3.8) is 0 Å². The van der Waals surface area contributed by atoms with E-state index >= 15 is 0 Å². The van der Waals surface area contributed by atoms with E-state index in [4.69, 9.17) is 0 Å². The molecule has 1 aromatic rings. The second kappa shape index (κ2) is 8.34. The number of urea groups is 1. The average molecular weight is 344 g/mol. The number of hydrogen-bond donors (Lipinski definition) is 1. The molecule has 0 aromatic heterocycles. The SMILES string of the molecule is CN(C(=O)NCCCN1CCCC1)[C@H]1CCN(c2ccccc2)C1=O. The lowest BCUT2D eigenvalue weighted by atomic mass is 10.2. The lowest BCUT2D eigenvalue weighted by Crippen LogP contribution is -2.47. The fourth-order valence-corrected chi connectivity index (χ4v) is 3.66. The zero-order chi connectivity index (χ0) is 17.6. The number of carbonyl (C=O) groups excluding carboxylic acids is 2. The van der Waals surface area contributed by atoms with Crippen molar-refractivity contribution in [2.45, 2.75) is 31.7 Å². The van der Waals surface area contributed by atoms with Gasteiger partial charge in [-0.05, 0) is 57.5 Å². The molecule has 3 rings (SSSR count). The fourth-order valence-electron chi connectivity index (χ4n) is 3.66. The summed E-state index contributed by atoms with van der Waals surface area (Å²) in [6, 6.07) is 9.11. The largest absolute Gasteiger partial charge is 0.338 e. The molecule has 0 bridgehead atoms. The van der Waals surface area contributed by atoms with Crippen LogP contribution >= 0.6 is 0 Å². The van der Waals surface area contributed by atoms with Gasteiger partial charge in [0.1, 0.15) is 6.04 Å². The minimum Gasteiger partial charge on any atom is -0.338 e. The first-order chi connectivity index (χ1) is 12.2. The number of para-hydroxylation sites is 1. The number of likely N-dealkylation sites (tertiary alicyclic amines) is 1. The van der Waals surface area contributed by atoms with E-state index in [0.29, 0.717) is 19.5 Å². The Morgan fingerprint density at radius 2 is 1.92 bits per heavy atom. The average Bonchev–Trinajstić information content (AvgIpc) is 3.28. The Morgan fingerprint density at radius 3 is 2.64 bits per heavy atom. The van der Waals surface area contributed by atoms with Crippen LogP contribution in [0.5, 0.6) is 0 Å². The van der Waals surface area contributed by atoms with Gasteiger partial charge in [0, 0.05) is 25.8 Å². The van der Waals surface area contributed by atoms with Crippen LogP contribution in [-0.4, -0.2) is 67.6 Å². The molecule has 1 aromatic carbocycles. The van der Waals surface area contributed by atoms with Crippen LogP contribution in [0.25, 0.3) is 0 Å². The van der Waals surface area contributed by atoms with E-state index in [1.165, 1.54) is 25.9 Å². The highest BCUT2D eigenvalue weighted by molar-refractivity contribution is 6.01. The molecule has 2 aliphatic rings. The lowest BCUT2D eigenvalue weighted by molar-refractivity contribution is -0.120. The monoisotopic (exact) mass is 344 g/mol. The zero-order valence-electron chi connectivity index (χ0n) is 15.0. The Labute approximate surface area is 149 Å². The molecule has 6 nitrogen and oxygen atoms in total. The second-order valence-electron chi connectivity index (χ2n) is 6.88. The van der Waals surface area contributed by atoms with Crippen molar-refractivity contribution in [1.29, 1.82) is 0 Å². The predicted molar refractivity (Wildman–Crippen MR) is 98.7 cm³/mol. The number of carbonyl (C=O) groups is 2. The first-order valence-corrected chi connectivity index (χ1v) is 9.26. The van der Waals surface area contributed by atoms with Crippen LogP contribution < -0.4 is 10.2 Å². The molecule has 0 saturated carbocycles. The van der Waals surface area contributed by atoms with Gasteiger partial charge in [-0.3, -0.25) is 4.79 Å². The molecule has 1 N–H and O–H groups in total. The first-order valence-electron chi connectivity index (χ1n) is 9.26. The smallest absolute Gasteiger partial charge is 0.317 e. The predicted octanol–water partition coefficient (Wildman–Crippen LogP) is 1.92. The Hall–Kier alpha value is -2.08. The van der Waals surface area contributed by atoms with Crippen molar-refractivity contribution in [3.8, 4) is 0 Å². The van der Waals surface area contributed by atoms with Gasteiger partial charge >= 0.3 is 6.03 Å². The number of nitrogens with zero attached hydrogens (tertiary/aromatic N) is 3. The maximum absolute atomic E-state index is 12.7. The molecule has 2 saturated heterocycles. The highest BCUT2D eigenvalue weighted by Crippen LogP contribution is 2.23. The van der Waals surface area contributed by atoms with Gasteiger partial charge in [0.2, 0.25) is 5.91 Å². The highest BCUT2D eigenvalue weighted by Gasteiger charge is 2.37. The maximum Gasteiger partial charge on any atom is 0.317 e. The van der Waals surface area contributed by atoms with E-state index in [9.17, 15) is 9.59 Å². The normalized spacial score (nSPS) is 20.9. The Balaban J connectivity index is 1.44. The molecule has 2 heterocycles. The van der Waals surface area contributed by atoms with E-state index in [1.54, 1.807) is 16.8 Å². The van der Waals surface area contributed by atoms with Crippen molar-refractivity contribution >= 4 is 17.6 Å². The van der Waals surface area contributed by atoms with Crippen LogP contribution in [0.3, 0.4) is 0 Å². The van der Waals surface area contributed by atoms with Gasteiger partial charge in [-0.1, -0.05) is 18.2 Å². The topological polar surface area (TPSA) is 55.9 Å². The van der Waals surface area contributed by atoms with Crippen LogP contribution in [-0.2, 0) is 4.79 Å². The Bertz CT molecular complexity index is 586. The summed E-state index contributed by atoms with van der Waals surface area (Å²) in [5, 5.41) is 2.95. The van der Waals surface area contributed by atoms with E-state index < -0.39 is 0 Å². The van der Waals surface area contributed by atoms with Gasteiger partial charge in [0.25, 0.3) is 0 Å². The number of nitrogens with one attached hydrogen (secondary N) is 1. The first kappa shape index (κ1) is 17.7. The summed E-state index contributed by atoms with van der Waals surface area (Å²) in [6.45, 7) is 4.71. The molecular formula is C19H28N4O2. The van der Waals surface area contributed by atoms with E-state index in [0.717, 1.165) is 18.7 Å². The molecule has 0 unspecified atom stereocenters. The van der Waals surface area contributed by atoms with E-state index in [2.05, 4.69) is 10.2 Å². The van der Waals surface area contributed by atoms with Crippen LogP contribution in [0.2, 0.25) is 0 Å². The Morgan fingerprint density at radius 1 is 1.20 bits per heavy atom. The lowest BCUT2D eigenvalue weighted by Gasteiger charge is -2.24. The van der Waals surface area contributed by atoms with Crippen LogP contribution in [0, 0.1) is 0 Å². The minimum atomic E-state index is -0.376. The molecule has 2 aliphatic heterocycles. The second-order valence-corrected chi connectivity index (χ2v) is 6.88. The summed E-state index contributed by atoms with van der Waals surface area (Å²) >= 11 is 0. The number of amides is 3. The molecule has 25 heavy (non-hydrogen) atoms. The van der Waals surface area contributed by atoms with Gasteiger partial charge in [0.15, 0.2) is 0 Å². The maximum atomic E-state index is 12.7. The van der Waals surface area contributed by atoms with Gasteiger partial charge in [-0.25, -0.2) is 4.79 Å². The number of likely N-dealkylation sites (N-methyl/N-ethyl adjacent to an activating group) is 1. The minimum absolute atomic E-state index is 0.000849. The molecular weight excluding hydrogens is 316 g/mol. The van der Waals surface area contributed by atoms with Crippen molar-refractivity contribution in [1.82, 2.24) is 15.1 Å². The van der Waals surface area contributed by atoms with Crippen LogP contribution in [0.15, 0.2) is 30.3 Å². The molecule has 0 spiro atoms. The number of rotatable bonds is 6. The Kier molecular flexibility index (Phi) is 5.91. The number of hydrogen-bond acceptors (Lipinski definition) is 3. The van der Waals surface area contributed by atoms with E-state index in [1.807, 2.05) is 30.3 Å². The van der Waals surface area contributed by atoms with Crippen molar-refractivity contribution in [2.24, 2.45) is 0 Å². The summed E-state index contributed by atoms with van der Waals surface area (Å²) < 4.78 is 0. The molecule has 6 heteroatoms. The summed E-state index contributed by atoms with van der Waals surface area (Å²) in [6.07, 6.45) is 4.20. The number of anilines is 1. The summed E-state index contributed by atoms with van der Waals surface area (Å²) in [7, 11) is 1.72. The molecule has 2 fully saturated rings. The van der Waals surface area contributed by atoms with Crippen molar-refractivity contribution < 1.29 is 9.59 Å². The van der Waals surface area contributed by atoms with E-state index in [-0.39, 0.29) is 18.0 Å². The molecule has 3 amide bonds. The van der Waals surface area contributed by atoms with Gasteiger partial charge in [0.05, 0.1) is 0 Å². The van der Waals surface area contributed by atoms with Gasteiger partial charge in [-0.2, -0.15) is 0 Å². The summed E-state index contributed by atoms with van der Waals surface area (Å²) in [5.74, 6) is 0.000849. The van der Waals surface area contributed by atoms with Gasteiger partial charge < -0.3 is 20.0 Å². The highest BCUT2D eigenvalue weighted by atomic mass is 16.2. The third-order valence-electron chi connectivity index (χ3n) is 5.16. The zero-order valence-corrected chi connectivity index (χ0v) is 15.0. The molecule has 0 aliphatic carbocycles. The summed E-state index contributed by atoms with van der Waals surface area (Å²) in [5.41, 5.74) is 0.898. The number of benzene rings is 1. The fraction of sp³-hybridized carbons (Fsp3) is 0.579. The third-order valence-corrected chi connectivity index (χ3v) is 5.16.